The lowest BCUT2D eigenvalue weighted by atomic mass is 9.55. The first-order valence-electron chi connectivity index (χ1n) is 10.3. The Kier molecular flexibility index (Phi) is 4.23. The van der Waals surface area contributed by atoms with E-state index in [1.807, 2.05) is 11.8 Å². The number of hydrogen-bond donors (Lipinski definition) is 0. The lowest BCUT2D eigenvalue weighted by molar-refractivity contribution is -0.228. The van der Waals surface area contributed by atoms with Gasteiger partial charge in [-0.3, -0.25) is 4.79 Å². The third-order valence-electron chi connectivity index (χ3n) is 7.22. The average molecular weight is 459 g/mol. The quantitative estimate of drug-likeness (QED) is 0.693. The Morgan fingerprint density at radius 2 is 1.81 bits per heavy atom. The van der Waals surface area contributed by atoms with Crippen LogP contribution in [0.25, 0.3) is 0 Å². The van der Waals surface area contributed by atoms with Crippen LogP contribution in [0.4, 0.5) is 13.2 Å². The number of aryl methyl sites for hydroxylation is 1. The van der Waals surface area contributed by atoms with Gasteiger partial charge in [0, 0.05) is 38.2 Å². The fraction of sp³-hybridized carbons (Fsp3) is 0.700. The summed E-state index contributed by atoms with van der Waals surface area (Å²) in [6, 6.07) is 1.67. The van der Waals surface area contributed by atoms with Crippen LogP contribution in [0, 0.1) is 17.8 Å². The molecule has 5 heterocycles. The number of amides is 1. The van der Waals surface area contributed by atoms with Crippen molar-refractivity contribution in [3.05, 3.63) is 23.5 Å². The van der Waals surface area contributed by atoms with Gasteiger partial charge in [0.25, 0.3) is 0 Å². The highest BCUT2D eigenvalue weighted by Crippen LogP contribution is 2.58. The van der Waals surface area contributed by atoms with Crippen LogP contribution in [-0.2, 0) is 25.7 Å². The molecule has 0 unspecified atom stereocenters. The smallest absolute Gasteiger partial charge is 0.375 e. The highest BCUT2D eigenvalue weighted by Gasteiger charge is 2.64. The van der Waals surface area contributed by atoms with E-state index < -0.39 is 21.9 Å². The number of carbonyl (C=O) groups excluding carboxylic acids is 1. The molecule has 4 aliphatic heterocycles. The average Bonchev–Trinajstić information content (AvgIpc) is 2.57. The number of halogens is 3. The maximum absolute atomic E-state index is 13.0. The molecule has 0 aromatic carbocycles. The summed E-state index contributed by atoms with van der Waals surface area (Å²) < 4.78 is 71.2. The van der Waals surface area contributed by atoms with E-state index in [9.17, 15) is 26.4 Å². The van der Waals surface area contributed by atoms with E-state index in [-0.39, 0.29) is 46.0 Å². The monoisotopic (exact) mass is 459 g/mol. The highest BCUT2D eigenvalue weighted by atomic mass is 32.2. The maximum atomic E-state index is 13.0. The zero-order valence-electron chi connectivity index (χ0n) is 17.3. The SMILES string of the molecule is Cc1nc(C(F)(F)F)ccc1S(=O)(=O)N1CC2(CN(C(=O)C34CCOC(C)(C3)C4)C2)C1. The molecule has 7 nitrogen and oxygen atoms in total. The predicted octanol–water partition coefficient (Wildman–Crippen LogP) is 2.20. The Morgan fingerprint density at radius 3 is 2.35 bits per heavy atom. The fourth-order valence-electron chi connectivity index (χ4n) is 5.84. The van der Waals surface area contributed by atoms with E-state index in [1.54, 1.807) is 0 Å². The Balaban J connectivity index is 1.22. The van der Waals surface area contributed by atoms with Gasteiger partial charge in [-0.05, 0) is 45.2 Å². The van der Waals surface area contributed by atoms with Gasteiger partial charge in [-0.1, -0.05) is 0 Å². The molecule has 6 rings (SSSR count). The third-order valence-corrected chi connectivity index (χ3v) is 9.14. The molecule has 4 saturated heterocycles. The van der Waals surface area contributed by atoms with Gasteiger partial charge in [0.15, 0.2) is 0 Å². The zero-order chi connectivity index (χ0) is 22.4. The van der Waals surface area contributed by atoms with E-state index >= 15 is 0 Å². The van der Waals surface area contributed by atoms with E-state index in [4.69, 9.17) is 4.74 Å². The van der Waals surface area contributed by atoms with Crippen LogP contribution >= 0.6 is 0 Å². The van der Waals surface area contributed by atoms with Crippen LogP contribution in [-0.4, -0.2) is 66.9 Å². The van der Waals surface area contributed by atoms with Crippen molar-refractivity contribution in [1.82, 2.24) is 14.2 Å². The van der Waals surface area contributed by atoms with E-state index in [0.29, 0.717) is 25.8 Å². The number of aromatic nitrogens is 1. The molecule has 1 spiro atoms. The predicted molar refractivity (Wildman–Crippen MR) is 102 cm³/mol. The summed E-state index contributed by atoms with van der Waals surface area (Å²) in [6.07, 6.45) is -2.42. The van der Waals surface area contributed by atoms with Gasteiger partial charge in [0.2, 0.25) is 15.9 Å². The number of rotatable bonds is 3. The molecule has 0 N–H and O–H groups in total. The minimum absolute atomic E-state index is 0.142. The number of nitrogens with zero attached hydrogens (tertiary/aromatic N) is 3. The number of carbonyl (C=O) groups is 1. The third kappa shape index (κ3) is 3.11. The summed E-state index contributed by atoms with van der Waals surface area (Å²) in [4.78, 5) is 18.0. The summed E-state index contributed by atoms with van der Waals surface area (Å²) in [5.41, 5.74) is -2.06. The summed E-state index contributed by atoms with van der Waals surface area (Å²) in [7, 11) is -3.93. The Bertz CT molecular complexity index is 1050. The second kappa shape index (κ2) is 6.20. The Hall–Kier alpha value is -1.72. The number of pyridine rings is 1. The number of ether oxygens (including phenoxy) is 1. The molecule has 5 fully saturated rings. The second-order valence-electron chi connectivity index (χ2n) is 9.89. The van der Waals surface area contributed by atoms with Gasteiger partial charge >= 0.3 is 6.18 Å². The summed E-state index contributed by atoms with van der Waals surface area (Å²) in [6.45, 7) is 5.43. The van der Waals surface area contributed by atoms with Crippen LogP contribution in [0.15, 0.2) is 17.0 Å². The number of likely N-dealkylation sites (tertiary alicyclic amines) is 1. The van der Waals surface area contributed by atoms with E-state index in [1.165, 1.54) is 11.2 Å². The molecule has 1 aliphatic carbocycles. The van der Waals surface area contributed by atoms with E-state index in [2.05, 4.69) is 4.98 Å². The molecule has 5 aliphatic rings. The number of hydrogen-bond acceptors (Lipinski definition) is 5. The van der Waals surface area contributed by atoms with Crippen molar-refractivity contribution in [2.24, 2.45) is 10.8 Å². The molecule has 1 amide bonds. The largest absolute Gasteiger partial charge is 0.433 e. The van der Waals surface area contributed by atoms with Crippen molar-refractivity contribution in [2.75, 3.05) is 32.8 Å². The second-order valence-corrected chi connectivity index (χ2v) is 11.8. The molecule has 31 heavy (non-hydrogen) atoms. The molecule has 1 aromatic rings. The van der Waals surface area contributed by atoms with Crippen LogP contribution in [0.3, 0.4) is 0 Å². The topological polar surface area (TPSA) is 79.8 Å². The van der Waals surface area contributed by atoms with Crippen molar-refractivity contribution >= 4 is 15.9 Å². The summed E-state index contributed by atoms with van der Waals surface area (Å²) >= 11 is 0. The minimum Gasteiger partial charge on any atom is -0.375 e. The maximum Gasteiger partial charge on any atom is 0.433 e. The van der Waals surface area contributed by atoms with Gasteiger partial charge in [-0.15, -0.1) is 0 Å². The van der Waals surface area contributed by atoms with Crippen LogP contribution in [0.5, 0.6) is 0 Å². The van der Waals surface area contributed by atoms with Crippen molar-refractivity contribution in [3.63, 3.8) is 0 Å². The van der Waals surface area contributed by atoms with Crippen LogP contribution in [0.2, 0.25) is 0 Å². The highest BCUT2D eigenvalue weighted by molar-refractivity contribution is 7.89. The van der Waals surface area contributed by atoms with Gasteiger partial charge in [0.05, 0.1) is 16.7 Å². The normalized spacial score (nSPS) is 32.2. The molecule has 1 aromatic heterocycles. The molecule has 170 valence electrons. The minimum atomic E-state index is -4.63. The summed E-state index contributed by atoms with van der Waals surface area (Å²) in [5.74, 6) is 0.142. The number of alkyl halides is 3. The number of sulfonamides is 1. The van der Waals surface area contributed by atoms with Crippen molar-refractivity contribution in [3.8, 4) is 0 Å². The van der Waals surface area contributed by atoms with Crippen molar-refractivity contribution in [1.29, 1.82) is 0 Å². The van der Waals surface area contributed by atoms with Crippen LogP contribution in [0.1, 0.15) is 37.6 Å². The van der Waals surface area contributed by atoms with Gasteiger partial charge in [0.1, 0.15) is 10.6 Å². The first-order chi connectivity index (χ1) is 14.3. The molecular formula is C20H24F3N3O4S. The molecule has 0 radical (unpaired) electrons. The molecule has 0 atom stereocenters. The Labute approximate surface area is 178 Å². The summed E-state index contributed by atoms with van der Waals surface area (Å²) in [5, 5.41) is 0. The first-order valence-corrected chi connectivity index (χ1v) is 11.7. The van der Waals surface area contributed by atoms with Crippen molar-refractivity contribution in [2.45, 2.75) is 49.8 Å². The van der Waals surface area contributed by atoms with Crippen molar-refractivity contribution < 1.29 is 31.1 Å². The first kappa shape index (κ1) is 21.1. The number of fused-ring (bicyclic) bond motifs is 2. The standard InChI is InChI=1S/C20H24F3N3O4S/c1-13-14(3-4-15(24-13)20(21,22)23)31(28,29)26-11-18(12-26)9-25(10-18)16(27)19-5-6-30-17(2,7-19)8-19/h3-4H,5-12H2,1-2H3. The fourth-order valence-corrected chi connectivity index (χ4v) is 7.67. The Morgan fingerprint density at radius 1 is 1.16 bits per heavy atom. The van der Waals surface area contributed by atoms with Crippen LogP contribution < -0.4 is 0 Å². The lowest BCUT2D eigenvalue weighted by Gasteiger charge is -2.64. The van der Waals surface area contributed by atoms with Gasteiger partial charge in [-0.25, -0.2) is 13.4 Å². The molecule has 11 heteroatoms. The lowest BCUT2D eigenvalue weighted by Crippen LogP contribution is -2.76. The molecular weight excluding hydrogens is 435 g/mol. The van der Waals surface area contributed by atoms with E-state index in [0.717, 1.165) is 25.3 Å². The van der Waals surface area contributed by atoms with Gasteiger partial charge < -0.3 is 9.64 Å². The molecule has 2 bridgehead atoms. The molecule has 1 saturated carbocycles. The van der Waals surface area contributed by atoms with Gasteiger partial charge in [-0.2, -0.15) is 17.5 Å². The zero-order valence-corrected chi connectivity index (χ0v) is 18.1.